The topological polar surface area (TPSA) is 282 Å². The van der Waals surface area contributed by atoms with Gasteiger partial charge in [0.25, 0.3) is 0 Å². The summed E-state index contributed by atoms with van der Waals surface area (Å²) in [6, 6.07) is -2.34. The number of hydrogen-bond acceptors (Lipinski definition) is 12. The quantitative estimate of drug-likeness (QED) is 0.0427. The van der Waals surface area contributed by atoms with Gasteiger partial charge in [-0.25, -0.2) is 9.59 Å². The van der Waals surface area contributed by atoms with Crippen molar-refractivity contribution in [2.75, 3.05) is 65.9 Å². The Balaban J connectivity index is 3.76. The maximum absolute atomic E-state index is 12.3. The third-order valence-electron chi connectivity index (χ3n) is 10.2. The Morgan fingerprint density at radius 1 is 0.444 bits per heavy atom. The lowest BCUT2D eigenvalue weighted by Gasteiger charge is -2.15. The van der Waals surface area contributed by atoms with Crippen LogP contribution in [0, 0.1) is 5.92 Å². The predicted molar refractivity (Wildman–Crippen MR) is 233 cm³/mol. The van der Waals surface area contributed by atoms with Crippen molar-refractivity contribution in [3.8, 4) is 0 Å². The van der Waals surface area contributed by atoms with Gasteiger partial charge in [0, 0.05) is 44.7 Å². The van der Waals surface area contributed by atoms with Gasteiger partial charge >= 0.3 is 17.9 Å². The van der Waals surface area contributed by atoms with E-state index in [4.69, 9.17) is 24.1 Å². The highest BCUT2D eigenvalue weighted by Gasteiger charge is 2.23. The van der Waals surface area contributed by atoms with E-state index in [1.807, 2.05) is 6.92 Å². The Morgan fingerprint density at radius 3 is 1.30 bits per heavy atom. The molecule has 0 radical (unpaired) electrons. The van der Waals surface area contributed by atoms with Crippen LogP contribution >= 0.6 is 0 Å². The number of carboxylic acids is 3. The molecule has 0 aliphatic heterocycles. The molecule has 0 fully saturated rings. The average Bonchev–Trinajstić information content (AvgIpc) is 3.24. The SMILES string of the molecule is CCC(C)C(=O)CC[C@H](NC(=O)COCCOCCNC(=O)COCCOCCNC(=O)CC[C@H](NC(=O)CCCCCCCCCCCCCCCCC(=O)O)C(=O)O)C(=O)O. The van der Waals surface area contributed by atoms with E-state index in [-0.39, 0.29) is 134 Å². The van der Waals surface area contributed by atoms with Crippen LogP contribution < -0.4 is 21.3 Å². The van der Waals surface area contributed by atoms with Crippen molar-refractivity contribution in [3.63, 3.8) is 0 Å². The summed E-state index contributed by atoms with van der Waals surface area (Å²) in [7, 11) is 0. The fourth-order valence-corrected chi connectivity index (χ4v) is 6.17. The van der Waals surface area contributed by atoms with Gasteiger partial charge in [-0.3, -0.25) is 28.8 Å². The number of amides is 4. The maximum Gasteiger partial charge on any atom is 0.326 e. The van der Waals surface area contributed by atoms with Gasteiger partial charge in [0.2, 0.25) is 23.6 Å². The number of ketones is 1. The van der Waals surface area contributed by atoms with E-state index in [2.05, 4.69) is 21.3 Å². The van der Waals surface area contributed by atoms with Crippen LogP contribution in [0.15, 0.2) is 0 Å². The van der Waals surface area contributed by atoms with Crippen molar-refractivity contribution >= 4 is 47.3 Å². The molecule has 0 aromatic carbocycles. The summed E-state index contributed by atoms with van der Waals surface area (Å²) in [4.78, 5) is 94.0. The normalized spacial score (nSPS) is 12.5. The Morgan fingerprint density at radius 2 is 0.841 bits per heavy atom. The van der Waals surface area contributed by atoms with Crippen LogP contribution in [0.1, 0.15) is 149 Å². The molecule has 19 heteroatoms. The number of rotatable bonds is 45. The Kier molecular flexibility index (Phi) is 37.9. The molecule has 0 saturated heterocycles. The zero-order valence-electron chi connectivity index (χ0n) is 37.9. The van der Waals surface area contributed by atoms with Crippen LogP contribution in [0.2, 0.25) is 0 Å². The molecule has 0 aromatic rings. The van der Waals surface area contributed by atoms with Crippen molar-refractivity contribution < 1.29 is 72.6 Å². The number of carbonyl (C=O) groups is 8. The van der Waals surface area contributed by atoms with Crippen LogP contribution in [0.5, 0.6) is 0 Å². The molecule has 0 rings (SSSR count). The first-order valence-electron chi connectivity index (χ1n) is 22.9. The summed E-state index contributed by atoms with van der Waals surface area (Å²) in [6.07, 6.45) is 16.1. The lowest BCUT2D eigenvalue weighted by atomic mass is 9.98. The summed E-state index contributed by atoms with van der Waals surface area (Å²) < 4.78 is 21.2. The molecule has 19 nitrogen and oxygen atoms in total. The number of unbranched alkanes of at least 4 members (excludes halogenated alkanes) is 13. The van der Waals surface area contributed by atoms with Gasteiger partial charge in [0.05, 0.1) is 39.6 Å². The molecule has 0 saturated carbocycles. The van der Waals surface area contributed by atoms with E-state index in [1.54, 1.807) is 6.92 Å². The van der Waals surface area contributed by atoms with Crippen LogP contribution in [0.25, 0.3) is 0 Å². The third kappa shape index (κ3) is 38.0. The van der Waals surface area contributed by atoms with Crippen LogP contribution in [0.4, 0.5) is 0 Å². The fraction of sp³-hybridized carbons (Fsp3) is 0.818. The van der Waals surface area contributed by atoms with Gasteiger partial charge in [0.15, 0.2) is 0 Å². The predicted octanol–water partition coefficient (Wildman–Crippen LogP) is 3.93. The van der Waals surface area contributed by atoms with Gasteiger partial charge in [-0.05, 0) is 32.1 Å². The monoisotopic (exact) mass is 903 g/mol. The minimum absolute atomic E-state index is 0.000875. The Bertz CT molecular complexity index is 1300. The largest absolute Gasteiger partial charge is 0.481 e. The molecule has 364 valence electrons. The summed E-state index contributed by atoms with van der Waals surface area (Å²) >= 11 is 0. The van der Waals surface area contributed by atoms with Gasteiger partial charge < -0.3 is 55.5 Å². The first-order valence-corrected chi connectivity index (χ1v) is 22.9. The summed E-state index contributed by atoms with van der Waals surface area (Å²) in [5, 5.41) is 37.6. The second-order valence-corrected chi connectivity index (χ2v) is 15.6. The second kappa shape index (κ2) is 40.6. The van der Waals surface area contributed by atoms with Gasteiger partial charge in [-0.2, -0.15) is 0 Å². The number of hydrogen-bond donors (Lipinski definition) is 7. The molecule has 0 spiro atoms. The van der Waals surface area contributed by atoms with E-state index in [0.29, 0.717) is 12.8 Å². The first kappa shape index (κ1) is 58.8. The lowest BCUT2D eigenvalue weighted by Crippen LogP contribution is -2.43. The molecule has 0 aromatic heterocycles. The smallest absolute Gasteiger partial charge is 0.326 e. The van der Waals surface area contributed by atoms with Crippen molar-refractivity contribution in [2.45, 2.75) is 161 Å². The number of aliphatic carboxylic acids is 3. The van der Waals surface area contributed by atoms with Crippen molar-refractivity contribution in [1.82, 2.24) is 21.3 Å². The summed E-state index contributed by atoms with van der Waals surface area (Å²) in [5.41, 5.74) is 0. The fourth-order valence-electron chi connectivity index (χ4n) is 6.17. The van der Waals surface area contributed by atoms with Crippen molar-refractivity contribution in [1.29, 1.82) is 0 Å². The molecule has 1 unspecified atom stereocenters. The average molecular weight is 903 g/mol. The molecule has 0 aliphatic rings. The highest BCUT2D eigenvalue weighted by atomic mass is 16.5. The van der Waals surface area contributed by atoms with Crippen LogP contribution in [-0.4, -0.2) is 141 Å². The van der Waals surface area contributed by atoms with E-state index in [9.17, 15) is 48.6 Å². The highest BCUT2D eigenvalue weighted by Crippen LogP contribution is 2.14. The zero-order valence-corrected chi connectivity index (χ0v) is 37.9. The molecule has 0 aliphatic carbocycles. The van der Waals surface area contributed by atoms with Crippen molar-refractivity contribution in [2.24, 2.45) is 5.92 Å². The van der Waals surface area contributed by atoms with Crippen LogP contribution in [0.3, 0.4) is 0 Å². The number of nitrogens with one attached hydrogen (secondary N) is 4. The van der Waals surface area contributed by atoms with E-state index < -0.39 is 35.9 Å². The minimum Gasteiger partial charge on any atom is -0.481 e. The maximum atomic E-state index is 12.3. The number of ether oxygens (including phenoxy) is 4. The van der Waals surface area contributed by atoms with Gasteiger partial charge in [-0.1, -0.05) is 90.9 Å². The van der Waals surface area contributed by atoms with E-state index in [1.165, 1.54) is 38.5 Å². The number of carboxylic acid groups (broad SMARTS) is 3. The highest BCUT2D eigenvalue weighted by molar-refractivity contribution is 5.86. The van der Waals surface area contributed by atoms with Crippen LogP contribution in [-0.2, 0) is 57.3 Å². The van der Waals surface area contributed by atoms with Crippen molar-refractivity contribution in [3.05, 3.63) is 0 Å². The standard InChI is InChI=1S/C44H78N4O15/c1-3-34(2)37(49)22-20-35(43(56)57)48-41(53)33-63-31-29-61-27-25-46-40(52)32-62-30-28-60-26-24-45-38(50)23-21-36(44(58)59)47-39(51)18-16-14-12-10-8-6-4-5-7-9-11-13-15-17-19-42(54)55/h34-36H,3-33H2,1-2H3,(H,45,50)(H,46,52)(H,47,51)(H,48,53)(H,54,55)(H,56,57)(H,58,59)/t34?,35-,36-/m0/s1. The number of Topliss-reactive ketones (excluding diaryl/α,β-unsaturated/α-hetero) is 1. The summed E-state index contributed by atoms with van der Waals surface area (Å²) in [5.74, 6) is -5.06. The van der Waals surface area contributed by atoms with Gasteiger partial charge in [0.1, 0.15) is 31.1 Å². The summed E-state index contributed by atoms with van der Waals surface area (Å²) in [6.45, 7) is 4.34. The molecule has 4 amide bonds. The second-order valence-electron chi connectivity index (χ2n) is 15.6. The molecule has 0 heterocycles. The third-order valence-corrected chi connectivity index (χ3v) is 10.2. The molecule has 3 atom stereocenters. The lowest BCUT2D eigenvalue weighted by molar-refractivity contribution is -0.143. The molecular formula is C44H78N4O15. The van der Waals surface area contributed by atoms with E-state index >= 15 is 0 Å². The van der Waals surface area contributed by atoms with E-state index in [0.717, 1.165) is 44.9 Å². The number of carbonyl (C=O) groups excluding carboxylic acids is 5. The first-order chi connectivity index (χ1) is 30.3. The Labute approximate surface area is 373 Å². The minimum atomic E-state index is -1.23. The molecule has 0 bridgehead atoms. The zero-order chi connectivity index (χ0) is 46.9. The molecule has 63 heavy (non-hydrogen) atoms. The van der Waals surface area contributed by atoms with Gasteiger partial charge in [-0.15, -0.1) is 0 Å². The molecule has 7 N–H and O–H groups in total. The molecular weight excluding hydrogens is 824 g/mol. The Hall–Kier alpha value is -4.20.